The molecule has 0 spiro atoms. The molecule has 0 radical (unpaired) electrons. The Balaban J connectivity index is 2.01. The second kappa shape index (κ2) is 8.69. The second-order valence-corrected chi connectivity index (χ2v) is 6.59. The van der Waals surface area contributed by atoms with E-state index in [-0.39, 0.29) is 28.2 Å². The van der Waals surface area contributed by atoms with Crippen molar-refractivity contribution in [2.45, 2.75) is 13.8 Å². The first kappa shape index (κ1) is 19.8. The molecule has 0 unspecified atom stereocenters. The van der Waals surface area contributed by atoms with Crippen LogP contribution in [0.5, 0.6) is 5.75 Å². The maximum Gasteiger partial charge on any atom is 0.271 e. The molecular weight excluding hydrogens is 377 g/mol. The summed E-state index contributed by atoms with van der Waals surface area (Å²) in [7, 11) is 0. The molecule has 26 heavy (non-hydrogen) atoms. The monoisotopic (exact) mass is 393 g/mol. The van der Waals surface area contributed by atoms with Gasteiger partial charge in [-0.15, -0.1) is 0 Å². The third kappa shape index (κ3) is 5.21. The maximum atomic E-state index is 12.1. The highest BCUT2D eigenvalue weighted by molar-refractivity contribution is 6.36. The van der Waals surface area contributed by atoms with E-state index in [2.05, 4.69) is 15.8 Å². The largest absolute Gasteiger partial charge is 0.506 e. The van der Waals surface area contributed by atoms with Crippen LogP contribution in [0.15, 0.2) is 41.5 Å². The van der Waals surface area contributed by atoms with Crippen molar-refractivity contribution in [2.75, 3.05) is 5.32 Å². The number of phenolic OH excluding ortho intramolecular Hbond substituents is 1. The lowest BCUT2D eigenvalue weighted by atomic mass is 10.1. The average Bonchev–Trinajstić information content (AvgIpc) is 2.59. The summed E-state index contributed by atoms with van der Waals surface area (Å²) in [5, 5.41) is 16.8. The van der Waals surface area contributed by atoms with E-state index in [1.807, 2.05) is 0 Å². The predicted molar refractivity (Wildman–Crippen MR) is 103 cm³/mol. The zero-order valence-electron chi connectivity index (χ0n) is 14.1. The van der Waals surface area contributed by atoms with Crippen molar-refractivity contribution in [3.8, 4) is 5.75 Å². The lowest BCUT2D eigenvalue weighted by molar-refractivity contribution is -0.118. The van der Waals surface area contributed by atoms with Crippen LogP contribution in [0.3, 0.4) is 0 Å². The van der Waals surface area contributed by atoms with Crippen LogP contribution in [0.25, 0.3) is 0 Å². The zero-order valence-corrected chi connectivity index (χ0v) is 15.6. The Kier molecular flexibility index (Phi) is 6.60. The van der Waals surface area contributed by atoms with Gasteiger partial charge in [-0.25, -0.2) is 5.43 Å². The van der Waals surface area contributed by atoms with Crippen LogP contribution in [0.2, 0.25) is 10.0 Å². The molecule has 0 saturated heterocycles. The predicted octanol–water partition coefficient (Wildman–Crippen LogP) is 4.06. The molecule has 2 rings (SSSR count). The number of halogens is 2. The number of carbonyl (C=O) groups excluding carboxylic acids is 2. The number of nitrogens with one attached hydrogen (secondary N) is 2. The standard InChI is InChI=1S/C18H17Cl2N3O3/c1-10(2)17(25)22-14-5-3-11(4-6-14)18(26)23-21-9-12-7-13(19)8-15(20)16(12)24/h3-10,24H,1-2H3,(H,22,25)(H,23,26). The first-order valence-corrected chi connectivity index (χ1v) is 8.46. The normalized spacial score (nSPS) is 11.0. The summed E-state index contributed by atoms with van der Waals surface area (Å²) in [5.74, 6) is -0.870. The summed E-state index contributed by atoms with van der Waals surface area (Å²) in [4.78, 5) is 23.7. The van der Waals surface area contributed by atoms with Gasteiger partial charge in [0.05, 0.1) is 11.2 Å². The highest BCUT2D eigenvalue weighted by Crippen LogP contribution is 2.29. The van der Waals surface area contributed by atoms with Gasteiger partial charge in [-0.2, -0.15) is 5.10 Å². The van der Waals surface area contributed by atoms with Gasteiger partial charge in [-0.1, -0.05) is 37.0 Å². The molecule has 0 fully saturated rings. The van der Waals surface area contributed by atoms with Gasteiger partial charge in [0, 0.05) is 27.8 Å². The molecule has 2 aromatic carbocycles. The van der Waals surface area contributed by atoms with Crippen LogP contribution in [0.4, 0.5) is 5.69 Å². The lowest BCUT2D eigenvalue weighted by Crippen LogP contribution is -2.19. The van der Waals surface area contributed by atoms with Gasteiger partial charge in [0.25, 0.3) is 5.91 Å². The molecule has 0 atom stereocenters. The van der Waals surface area contributed by atoms with Crippen molar-refractivity contribution in [1.29, 1.82) is 0 Å². The van der Waals surface area contributed by atoms with Gasteiger partial charge in [0.15, 0.2) is 0 Å². The third-order valence-electron chi connectivity index (χ3n) is 3.37. The number of benzene rings is 2. The summed E-state index contributed by atoms with van der Waals surface area (Å²) < 4.78 is 0. The molecule has 8 heteroatoms. The summed E-state index contributed by atoms with van der Waals surface area (Å²) >= 11 is 11.7. The van der Waals surface area contributed by atoms with E-state index in [4.69, 9.17) is 23.2 Å². The summed E-state index contributed by atoms with van der Waals surface area (Å²) in [5.41, 5.74) is 3.57. The van der Waals surface area contributed by atoms with E-state index in [0.29, 0.717) is 16.3 Å². The summed E-state index contributed by atoms with van der Waals surface area (Å²) in [6.45, 7) is 3.58. The minimum absolute atomic E-state index is 0.0873. The van der Waals surface area contributed by atoms with Gasteiger partial charge < -0.3 is 10.4 Å². The molecule has 0 heterocycles. The average molecular weight is 394 g/mol. The zero-order chi connectivity index (χ0) is 19.3. The van der Waals surface area contributed by atoms with Crippen LogP contribution >= 0.6 is 23.2 Å². The van der Waals surface area contributed by atoms with E-state index in [0.717, 1.165) is 0 Å². The number of hydrazone groups is 1. The van der Waals surface area contributed by atoms with Gasteiger partial charge in [-0.3, -0.25) is 9.59 Å². The number of hydrogen-bond donors (Lipinski definition) is 3. The maximum absolute atomic E-state index is 12.1. The molecule has 0 aliphatic heterocycles. The molecular formula is C18H17Cl2N3O3. The molecule has 2 amide bonds. The SMILES string of the molecule is CC(C)C(=O)Nc1ccc(C(=O)NN=Cc2cc(Cl)cc(Cl)c2O)cc1. The van der Waals surface area contributed by atoms with Crippen molar-refractivity contribution >= 4 is 46.9 Å². The molecule has 136 valence electrons. The fourth-order valence-electron chi connectivity index (χ4n) is 1.90. The highest BCUT2D eigenvalue weighted by atomic mass is 35.5. The number of amides is 2. The first-order valence-electron chi connectivity index (χ1n) is 7.70. The molecule has 2 aromatic rings. The van der Waals surface area contributed by atoms with Crippen molar-refractivity contribution in [3.63, 3.8) is 0 Å². The number of carbonyl (C=O) groups is 2. The lowest BCUT2D eigenvalue weighted by Gasteiger charge is -2.08. The van der Waals surface area contributed by atoms with Crippen LogP contribution in [-0.4, -0.2) is 23.1 Å². The molecule has 6 nitrogen and oxygen atoms in total. The number of nitrogens with zero attached hydrogens (tertiary/aromatic N) is 1. The molecule has 0 aromatic heterocycles. The Labute approximate surface area is 160 Å². The highest BCUT2D eigenvalue weighted by Gasteiger charge is 2.09. The van der Waals surface area contributed by atoms with Crippen LogP contribution in [-0.2, 0) is 4.79 Å². The minimum Gasteiger partial charge on any atom is -0.506 e. The van der Waals surface area contributed by atoms with Crippen molar-refractivity contribution < 1.29 is 14.7 Å². The molecule has 0 aliphatic carbocycles. The Morgan fingerprint density at radius 1 is 1.15 bits per heavy atom. The van der Waals surface area contributed by atoms with Crippen LogP contribution in [0, 0.1) is 5.92 Å². The fraction of sp³-hybridized carbons (Fsp3) is 0.167. The quantitative estimate of drug-likeness (QED) is 0.528. The van der Waals surface area contributed by atoms with Crippen molar-refractivity contribution in [3.05, 3.63) is 57.6 Å². The van der Waals surface area contributed by atoms with E-state index in [9.17, 15) is 14.7 Å². The Bertz CT molecular complexity index is 850. The van der Waals surface area contributed by atoms with Crippen LogP contribution in [0.1, 0.15) is 29.8 Å². The van der Waals surface area contributed by atoms with Gasteiger partial charge >= 0.3 is 0 Å². The Hall–Kier alpha value is -2.57. The number of phenols is 1. The Morgan fingerprint density at radius 2 is 1.81 bits per heavy atom. The molecule has 0 bridgehead atoms. The van der Waals surface area contributed by atoms with Crippen LogP contribution < -0.4 is 10.7 Å². The number of anilines is 1. The molecule has 0 aliphatic rings. The Morgan fingerprint density at radius 3 is 2.42 bits per heavy atom. The fourth-order valence-corrected chi connectivity index (χ4v) is 2.41. The topological polar surface area (TPSA) is 90.8 Å². The smallest absolute Gasteiger partial charge is 0.271 e. The number of aromatic hydroxyl groups is 1. The van der Waals surface area contributed by atoms with Gasteiger partial charge in [-0.05, 0) is 36.4 Å². The van der Waals surface area contributed by atoms with E-state index >= 15 is 0 Å². The molecule has 3 N–H and O–H groups in total. The summed E-state index contributed by atoms with van der Waals surface area (Å²) in [6.07, 6.45) is 1.24. The van der Waals surface area contributed by atoms with Gasteiger partial charge in [0.2, 0.25) is 5.91 Å². The number of rotatable bonds is 5. The second-order valence-electron chi connectivity index (χ2n) is 5.75. The van der Waals surface area contributed by atoms with Crippen molar-refractivity contribution in [1.82, 2.24) is 5.43 Å². The van der Waals surface area contributed by atoms with E-state index in [1.165, 1.54) is 18.3 Å². The minimum atomic E-state index is -0.449. The first-order chi connectivity index (χ1) is 12.3. The van der Waals surface area contributed by atoms with E-state index < -0.39 is 5.91 Å². The molecule has 0 saturated carbocycles. The van der Waals surface area contributed by atoms with Crippen molar-refractivity contribution in [2.24, 2.45) is 11.0 Å². The third-order valence-corrected chi connectivity index (χ3v) is 3.87. The van der Waals surface area contributed by atoms with Gasteiger partial charge in [0.1, 0.15) is 5.75 Å². The van der Waals surface area contributed by atoms with E-state index in [1.54, 1.807) is 38.1 Å². The number of hydrogen-bond acceptors (Lipinski definition) is 4. The summed E-state index contributed by atoms with van der Waals surface area (Å²) in [6, 6.07) is 9.24.